The van der Waals surface area contributed by atoms with Crippen molar-refractivity contribution in [3.05, 3.63) is 51.9 Å². The Morgan fingerprint density at radius 2 is 1.75 bits per heavy atom. The summed E-state index contributed by atoms with van der Waals surface area (Å²) >= 11 is 6.43. The van der Waals surface area contributed by atoms with E-state index in [1.54, 1.807) is 0 Å². The van der Waals surface area contributed by atoms with Crippen molar-refractivity contribution in [2.75, 3.05) is 31.1 Å². The fourth-order valence-electron chi connectivity index (χ4n) is 4.73. The highest BCUT2D eigenvalue weighted by Gasteiger charge is 2.26. The highest BCUT2D eigenvalue weighted by molar-refractivity contribution is 6.31. The second-order valence-corrected chi connectivity index (χ2v) is 10.8. The first-order chi connectivity index (χ1) is 15.0. The Morgan fingerprint density at radius 3 is 2.38 bits per heavy atom. The number of amides is 1. The van der Waals surface area contributed by atoms with Crippen molar-refractivity contribution in [3.8, 4) is 0 Å². The highest BCUT2D eigenvalue weighted by atomic mass is 35.5. The molecule has 32 heavy (non-hydrogen) atoms. The number of aryl methyl sites for hydroxylation is 2. The molecule has 174 valence electrons. The molecule has 0 N–H and O–H groups in total. The number of benzene rings is 1. The third-order valence-corrected chi connectivity index (χ3v) is 6.41. The van der Waals surface area contributed by atoms with Crippen molar-refractivity contribution < 1.29 is 4.79 Å². The van der Waals surface area contributed by atoms with Crippen LogP contribution in [0.2, 0.25) is 5.02 Å². The van der Waals surface area contributed by atoms with Gasteiger partial charge in [0, 0.05) is 55.3 Å². The van der Waals surface area contributed by atoms with Gasteiger partial charge in [-0.15, -0.1) is 0 Å². The quantitative estimate of drug-likeness (QED) is 0.580. The number of aromatic nitrogens is 2. The molecule has 1 amide bonds. The molecule has 0 radical (unpaired) electrons. The van der Waals surface area contributed by atoms with Gasteiger partial charge in [0.15, 0.2) is 0 Å². The molecule has 1 aromatic heterocycles. The summed E-state index contributed by atoms with van der Waals surface area (Å²) in [6, 6.07) is 7.94. The van der Waals surface area contributed by atoms with Gasteiger partial charge >= 0.3 is 0 Å². The zero-order valence-corrected chi connectivity index (χ0v) is 21.2. The normalized spacial score (nSPS) is 15.7. The lowest BCUT2D eigenvalue weighted by Crippen LogP contribution is -2.49. The van der Waals surface area contributed by atoms with Crippen molar-refractivity contribution in [2.45, 2.75) is 60.8 Å². The minimum atomic E-state index is 0.249. The molecule has 0 spiro atoms. The Bertz CT molecular complexity index is 945. The van der Waals surface area contributed by atoms with E-state index in [1.165, 1.54) is 0 Å². The van der Waals surface area contributed by atoms with E-state index in [-0.39, 0.29) is 11.3 Å². The largest absolute Gasteiger partial charge is 0.353 e. The van der Waals surface area contributed by atoms with Gasteiger partial charge in [-0.1, -0.05) is 57.5 Å². The van der Waals surface area contributed by atoms with Crippen molar-refractivity contribution in [1.29, 1.82) is 0 Å². The molecule has 6 heteroatoms. The molecule has 1 aliphatic rings. The number of piperazine rings is 1. The van der Waals surface area contributed by atoms with E-state index in [0.717, 1.165) is 66.1 Å². The molecular weight excluding hydrogens is 420 g/mol. The maximum Gasteiger partial charge on any atom is 0.222 e. The number of rotatable bonds is 6. The summed E-state index contributed by atoms with van der Waals surface area (Å²) in [6.45, 7) is 15.9. The van der Waals surface area contributed by atoms with Gasteiger partial charge < -0.3 is 9.80 Å². The molecule has 2 aromatic rings. The van der Waals surface area contributed by atoms with Crippen LogP contribution in [-0.4, -0.2) is 47.0 Å². The number of anilines is 1. The summed E-state index contributed by atoms with van der Waals surface area (Å²) in [6.07, 6.45) is 2.38. The van der Waals surface area contributed by atoms with E-state index in [0.29, 0.717) is 18.8 Å². The molecule has 0 aliphatic carbocycles. The molecular formula is C26H37ClN4O. The Morgan fingerprint density at radius 1 is 1.09 bits per heavy atom. The van der Waals surface area contributed by atoms with Crippen LogP contribution in [0.15, 0.2) is 24.3 Å². The summed E-state index contributed by atoms with van der Waals surface area (Å²) in [5.41, 5.74) is 3.43. The molecule has 1 aliphatic heterocycles. The second kappa shape index (κ2) is 10.2. The van der Waals surface area contributed by atoms with E-state index < -0.39 is 0 Å². The van der Waals surface area contributed by atoms with Gasteiger partial charge in [0.2, 0.25) is 5.91 Å². The van der Waals surface area contributed by atoms with Gasteiger partial charge in [-0.05, 0) is 43.2 Å². The van der Waals surface area contributed by atoms with Crippen LogP contribution in [0.3, 0.4) is 0 Å². The number of hydrogen-bond acceptors (Lipinski definition) is 4. The number of carbonyl (C=O) groups excluding carboxylic acids is 1. The fourth-order valence-corrected chi connectivity index (χ4v) is 4.93. The molecule has 1 saturated heterocycles. The van der Waals surface area contributed by atoms with E-state index >= 15 is 0 Å². The third kappa shape index (κ3) is 6.44. The zero-order chi connectivity index (χ0) is 23.5. The minimum absolute atomic E-state index is 0.249. The Labute approximate surface area is 198 Å². The molecule has 2 heterocycles. The Balaban J connectivity index is 1.70. The van der Waals surface area contributed by atoms with Crippen molar-refractivity contribution >= 4 is 23.3 Å². The molecule has 0 saturated carbocycles. The minimum Gasteiger partial charge on any atom is -0.353 e. The summed E-state index contributed by atoms with van der Waals surface area (Å²) < 4.78 is 0. The van der Waals surface area contributed by atoms with Gasteiger partial charge in [-0.2, -0.15) is 0 Å². The molecule has 1 fully saturated rings. The molecule has 1 aromatic carbocycles. The monoisotopic (exact) mass is 456 g/mol. The maximum absolute atomic E-state index is 12.9. The average molecular weight is 457 g/mol. The van der Waals surface area contributed by atoms with Gasteiger partial charge in [0.05, 0.1) is 0 Å². The van der Waals surface area contributed by atoms with Crippen LogP contribution in [0.1, 0.15) is 63.2 Å². The number of carbonyl (C=O) groups is 1. The van der Waals surface area contributed by atoms with Crippen LogP contribution in [0.4, 0.5) is 5.82 Å². The third-order valence-electron chi connectivity index (χ3n) is 6.04. The summed E-state index contributed by atoms with van der Waals surface area (Å²) in [7, 11) is 0. The highest BCUT2D eigenvalue weighted by Crippen LogP contribution is 2.29. The smallest absolute Gasteiger partial charge is 0.222 e. The topological polar surface area (TPSA) is 49.3 Å². The van der Waals surface area contributed by atoms with Gasteiger partial charge in [-0.25, -0.2) is 9.97 Å². The number of halogens is 1. The first kappa shape index (κ1) is 24.5. The van der Waals surface area contributed by atoms with Crippen LogP contribution in [0.5, 0.6) is 0 Å². The van der Waals surface area contributed by atoms with E-state index in [2.05, 4.69) is 43.6 Å². The molecule has 5 nitrogen and oxygen atoms in total. The van der Waals surface area contributed by atoms with Crippen LogP contribution < -0.4 is 4.90 Å². The van der Waals surface area contributed by atoms with Crippen molar-refractivity contribution in [2.24, 2.45) is 11.3 Å². The van der Waals surface area contributed by atoms with Gasteiger partial charge in [-0.3, -0.25) is 4.79 Å². The van der Waals surface area contributed by atoms with E-state index in [4.69, 9.17) is 16.6 Å². The van der Waals surface area contributed by atoms with Crippen LogP contribution in [-0.2, 0) is 11.2 Å². The summed E-state index contributed by atoms with van der Waals surface area (Å²) in [5, 5.41) is 0.762. The summed E-state index contributed by atoms with van der Waals surface area (Å²) in [4.78, 5) is 26.6. The lowest BCUT2D eigenvalue weighted by atomic mass is 9.84. The molecule has 0 bridgehead atoms. The van der Waals surface area contributed by atoms with E-state index in [1.807, 2.05) is 36.9 Å². The van der Waals surface area contributed by atoms with Crippen LogP contribution in [0.25, 0.3) is 0 Å². The first-order valence-corrected chi connectivity index (χ1v) is 12.0. The van der Waals surface area contributed by atoms with Gasteiger partial charge in [0.25, 0.3) is 0 Å². The fraction of sp³-hybridized carbons (Fsp3) is 0.577. The van der Waals surface area contributed by atoms with E-state index in [9.17, 15) is 4.79 Å². The van der Waals surface area contributed by atoms with Crippen molar-refractivity contribution in [3.63, 3.8) is 0 Å². The van der Waals surface area contributed by atoms with Crippen molar-refractivity contribution in [1.82, 2.24) is 14.9 Å². The van der Waals surface area contributed by atoms with Gasteiger partial charge in [0.1, 0.15) is 11.6 Å². The molecule has 3 rings (SSSR count). The first-order valence-electron chi connectivity index (χ1n) is 11.6. The predicted octanol–water partition coefficient (Wildman–Crippen LogP) is 5.45. The van der Waals surface area contributed by atoms with Crippen LogP contribution in [0, 0.1) is 25.2 Å². The summed E-state index contributed by atoms with van der Waals surface area (Å²) in [5.74, 6) is 2.42. The maximum atomic E-state index is 12.9. The number of nitrogens with zero attached hydrogens (tertiary/aromatic N) is 4. The number of hydrogen-bond donors (Lipinski definition) is 0. The lowest BCUT2D eigenvalue weighted by Gasteiger charge is -2.37. The second-order valence-electron chi connectivity index (χ2n) is 10.4. The predicted molar refractivity (Wildman–Crippen MR) is 132 cm³/mol. The van der Waals surface area contributed by atoms with Crippen LogP contribution >= 0.6 is 11.6 Å². The molecule has 1 atom stereocenters. The average Bonchev–Trinajstić information content (AvgIpc) is 2.70. The zero-order valence-electron chi connectivity index (χ0n) is 20.4. The standard InChI is InChI=1S/C26H37ClN4O/c1-18(17-26(4,5)6)15-24(32)30-11-13-31(14-12-30)25-22(19(2)28-20(3)29-25)16-21-9-7-8-10-23(21)27/h7-10,18H,11-17H2,1-6H3/t18-/m0/s1. The Kier molecular flexibility index (Phi) is 7.81. The molecule has 0 unspecified atom stereocenters. The Hall–Kier alpha value is -2.14. The SMILES string of the molecule is Cc1nc(C)c(Cc2ccccc2Cl)c(N2CCN(C(=O)C[C@H](C)CC(C)(C)C)CC2)n1. The lowest BCUT2D eigenvalue weighted by molar-refractivity contribution is -0.132.